The number of fused-ring (bicyclic) bond motifs is 1. The molecule has 3 aromatic rings. The van der Waals surface area contributed by atoms with E-state index in [1.54, 1.807) is 32.2 Å². The zero-order valence-corrected chi connectivity index (χ0v) is 18.6. The quantitative estimate of drug-likeness (QED) is 0.416. The fraction of sp³-hybridized carbons (Fsp3) is 0.200. The number of nitrogens with zero attached hydrogens (tertiary/aromatic N) is 2. The Labute approximate surface area is 182 Å². The van der Waals surface area contributed by atoms with E-state index in [2.05, 4.69) is 27.9 Å². The Balaban J connectivity index is 2.17. The molecule has 0 bridgehead atoms. The molecule has 0 atom stereocenters. The summed E-state index contributed by atoms with van der Waals surface area (Å²) < 4.78 is 5.55. The van der Waals surface area contributed by atoms with Gasteiger partial charge in [-0.2, -0.15) is 0 Å². The van der Waals surface area contributed by atoms with Gasteiger partial charge in [0.2, 0.25) is 0 Å². The molecule has 0 saturated carbocycles. The van der Waals surface area contributed by atoms with Gasteiger partial charge in [-0.1, -0.05) is 24.8 Å². The molecule has 2 N–H and O–H groups in total. The number of amides is 1. The summed E-state index contributed by atoms with van der Waals surface area (Å²) in [6.07, 6.45) is 9.31. The molecule has 1 aromatic carbocycles. The number of H-pyrrole nitrogens is 1. The van der Waals surface area contributed by atoms with Crippen LogP contribution in [0.5, 0.6) is 0 Å². The smallest absolute Gasteiger partial charge is 0.255 e. The molecule has 0 unspecified atom stereocenters. The lowest BCUT2D eigenvalue weighted by molar-refractivity contribution is 0.0828. The molecular formula is C25H28N4O2. The van der Waals surface area contributed by atoms with Crippen LogP contribution in [0.15, 0.2) is 67.2 Å². The van der Waals surface area contributed by atoms with Gasteiger partial charge in [0.05, 0.1) is 12.7 Å². The summed E-state index contributed by atoms with van der Waals surface area (Å²) in [6.45, 7) is 5.77. The van der Waals surface area contributed by atoms with Crippen LogP contribution in [-0.2, 0) is 4.74 Å². The van der Waals surface area contributed by atoms with Crippen molar-refractivity contribution in [1.82, 2.24) is 14.9 Å². The van der Waals surface area contributed by atoms with Gasteiger partial charge in [0.15, 0.2) is 0 Å². The SMILES string of the molecule is C=C/C=C(\C(=C/C)OC)c1c[nH]c2ncc(-c3ccc(NC)c(C(=O)N(C)C)c3)cc12. The molecule has 160 valence electrons. The number of aromatic nitrogens is 2. The molecule has 31 heavy (non-hydrogen) atoms. The van der Waals surface area contributed by atoms with Crippen molar-refractivity contribution < 1.29 is 9.53 Å². The zero-order valence-electron chi connectivity index (χ0n) is 18.6. The second-order valence-electron chi connectivity index (χ2n) is 7.21. The Kier molecular flexibility index (Phi) is 6.60. The van der Waals surface area contributed by atoms with Gasteiger partial charge >= 0.3 is 0 Å². The largest absolute Gasteiger partial charge is 0.496 e. The lowest BCUT2D eigenvalue weighted by atomic mass is 9.99. The fourth-order valence-electron chi connectivity index (χ4n) is 3.55. The first kappa shape index (κ1) is 21.9. The van der Waals surface area contributed by atoms with E-state index >= 15 is 0 Å². The third kappa shape index (κ3) is 4.23. The van der Waals surface area contributed by atoms with Crippen LogP contribution in [0, 0.1) is 0 Å². The Morgan fingerprint density at radius 3 is 2.61 bits per heavy atom. The van der Waals surface area contributed by atoms with Gasteiger partial charge < -0.3 is 19.9 Å². The van der Waals surface area contributed by atoms with Crippen molar-refractivity contribution >= 4 is 28.2 Å². The van der Waals surface area contributed by atoms with E-state index in [0.717, 1.165) is 44.7 Å². The number of hydrogen-bond acceptors (Lipinski definition) is 4. The maximum atomic E-state index is 12.7. The summed E-state index contributed by atoms with van der Waals surface area (Å²) in [6, 6.07) is 7.88. The van der Waals surface area contributed by atoms with Crippen LogP contribution >= 0.6 is 0 Å². The van der Waals surface area contributed by atoms with Crippen molar-refractivity contribution in [3.05, 3.63) is 78.4 Å². The summed E-state index contributed by atoms with van der Waals surface area (Å²) in [5, 5.41) is 4.05. The van der Waals surface area contributed by atoms with Crippen LogP contribution in [0.25, 0.3) is 27.7 Å². The molecule has 0 aliphatic carbocycles. The van der Waals surface area contributed by atoms with E-state index in [9.17, 15) is 4.79 Å². The Morgan fingerprint density at radius 2 is 2.00 bits per heavy atom. The standard InChI is InChI=1S/C25H28N4O2/c1-7-9-18(23(8-2)31-6)21-15-28-24-19(21)13-17(14-27-24)16-10-11-22(26-3)20(12-16)25(30)29(4)5/h7-15,26H,1H2,2-6H3,(H,27,28)/b18-9-,23-8+. The Hall–Kier alpha value is -3.80. The highest BCUT2D eigenvalue weighted by atomic mass is 16.5. The molecule has 6 heteroatoms. The van der Waals surface area contributed by atoms with E-state index in [1.807, 2.05) is 56.7 Å². The van der Waals surface area contributed by atoms with E-state index < -0.39 is 0 Å². The van der Waals surface area contributed by atoms with E-state index in [4.69, 9.17) is 4.74 Å². The van der Waals surface area contributed by atoms with Gasteiger partial charge in [-0.3, -0.25) is 4.79 Å². The Morgan fingerprint density at radius 1 is 1.23 bits per heavy atom. The summed E-state index contributed by atoms with van der Waals surface area (Å²) >= 11 is 0. The molecule has 0 saturated heterocycles. The van der Waals surface area contributed by atoms with Crippen molar-refractivity contribution in [3.8, 4) is 11.1 Å². The topological polar surface area (TPSA) is 70.2 Å². The number of pyridine rings is 1. The van der Waals surface area contributed by atoms with Gasteiger partial charge in [0.1, 0.15) is 11.4 Å². The number of carbonyl (C=O) groups excluding carboxylic acids is 1. The molecule has 0 fully saturated rings. The molecule has 1 amide bonds. The average Bonchev–Trinajstić information content (AvgIpc) is 3.21. The summed E-state index contributed by atoms with van der Waals surface area (Å²) in [4.78, 5) is 22.1. The second kappa shape index (κ2) is 9.34. The van der Waals surface area contributed by atoms with Crippen molar-refractivity contribution in [2.45, 2.75) is 6.92 Å². The van der Waals surface area contributed by atoms with Gasteiger partial charge in [-0.05, 0) is 36.8 Å². The summed E-state index contributed by atoms with van der Waals surface area (Å²) in [5.41, 5.74) is 5.89. The van der Waals surface area contributed by atoms with Crippen LogP contribution in [0.2, 0.25) is 0 Å². The number of benzene rings is 1. The van der Waals surface area contributed by atoms with Gasteiger partial charge in [0, 0.05) is 61.3 Å². The fourth-order valence-corrected chi connectivity index (χ4v) is 3.55. The second-order valence-corrected chi connectivity index (χ2v) is 7.21. The minimum Gasteiger partial charge on any atom is -0.496 e. The van der Waals surface area contributed by atoms with Crippen LogP contribution in [0.1, 0.15) is 22.8 Å². The first-order valence-electron chi connectivity index (χ1n) is 9.99. The zero-order chi connectivity index (χ0) is 22.5. The van der Waals surface area contributed by atoms with Crippen molar-refractivity contribution in [3.63, 3.8) is 0 Å². The van der Waals surface area contributed by atoms with E-state index in [0.29, 0.717) is 5.56 Å². The number of anilines is 1. The third-order valence-corrected chi connectivity index (χ3v) is 5.11. The van der Waals surface area contributed by atoms with Crippen LogP contribution < -0.4 is 5.32 Å². The lowest BCUT2D eigenvalue weighted by Crippen LogP contribution is -2.22. The highest BCUT2D eigenvalue weighted by Crippen LogP contribution is 2.33. The molecule has 0 aliphatic heterocycles. The third-order valence-electron chi connectivity index (χ3n) is 5.11. The molecule has 0 aliphatic rings. The normalized spacial score (nSPS) is 12.0. The number of aromatic amines is 1. The molecule has 2 aromatic heterocycles. The maximum absolute atomic E-state index is 12.7. The average molecular weight is 417 g/mol. The predicted molar refractivity (Wildman–Crippen MR) is 128 cm³/mol. The molecule has 0 radical (unpaired) electrons. The first-order valence-corrected chi connectivity index (χ1v) is 9.99. The van der Waals surface area contributed by atoms with E-state index in [-0.39, 0.29) is 5.91 Å². The molecule has 0 spiro atoms. The number of carbonyl (C=O) groups is 1. The number of hydrogen-bond donors (Lipinski definition) is 2. The Bertz CT molecular complexity index is 1190. The predicted octanol–water partition coefficient (Wildman–Crippen LogP) is 5.09. The summed E-state index contributed by atoms with van der Waals surface area (Å²) in [7, 11) is 6.95. The van der Waals surface area contributed by atoms with Crippen molar-refractivity contribution in [2.24, 2.45) is 0 Å². The van der Waals surface area contributed by atoms with Crippen LogP contribution in [-0.4, -0.2) is 49.0 Å². The van der Waals surface area contributed by atoms with Crippen LogP contribution in [0.3, 0.4) is 0 Å². The van der Waals surface area contributed by atoms with Crippen molar-refractivity contribution in [2.75, 3.05) is 33.6 Å². The first-order chi connectivity index (χ1) is 14.9. The number of methoxy groups -OCH3 is 1. The molecular weight excluding hydrogens is 388 g/mol. The lowest BCUT2D eigenvalue weighted by Gasteiger charge is -2.15. The molecule has 3 rings (SSSR count). The number of rotatable bonds is 7. The number of allylic oxidation sites excluding steroid dienone is 4. The minimum absolute atomic E-state index is 0.0587. The maximum Gasteiger partial charge on any atom is 0.255 e. The number of nitrogens with one attached hydrogen (secondary N) is 2. The highest BCUT2D eigenvalue weighted by molar-refractivity contribution is 6.01. The monoisotopic (exact) mass is 416 g/mol. The van der Waals surface area contributed by atoms with Gasteiger partial charge in [0.25, 0.3) is 5.91 Å². The summed E-state index contributed by atoms with van der Waals surface area (Å²) in [5.74, 6) is 0.694. The molecule has 2 heterocycles. The number of ether oxygens (including phenoxy) is 1. The van der Waals surface area contributed by atoms with Gasteiger partial charge in [-0.15, -0.1) is 0 Å². The molecule has 6 nitrogen and oxygen atoms in total. The van der Waals surface area contributed by atoms with Crippen LogP contribution in [0.4, 0.5) is 5.69 Å². The highest BCUT2D eigenvalue weighted by Gasteiger charge is 2.17. The van der Waals surface area contributed by atoms with E-state index in [1.165, 1.54) is 0 Å². The van der Waals surface area contributed by atoms with Crippen molar-refractivity contribution in [1.29, 1.82) is 0 Å². The van der Waals surface area contributed by atoms with Gasteiger partial charge in [-0.25, -0.2) is 4.98 Å². The minimum atomic E-state index is -0.0587.